The van der Waals surface area contributed by atoms with Crippen LogP contribution in [0, 0.1) is 0 Å². The van der Waals surface area contributed by atoms with E-state index in [9.17, 15) is 0 Å². The van der Waals surface area contributed by atoms with Crippen LogP contribution in [0.2, 0.25) is 0 Å². The third-order valence-corrected chi connectivity index (χ3v) is 5.71. The molecule has 0 aliphatic heterocycles. The van der Waals surface area contributed by atoms with Crippen molar-refractivity contribution in [3.63, 3.8) is 0 Å². The Morgan fingerprint density at radius 3 is 2.43 bits per heavy atom. The summed E-state index contributed by atoms with van der Waals surface area (Å²) < 4.78 is 5.52. The summed E-state index contributed by atoms with van der Waals surface area (Å²) in [5, 5.41) is 3.84. The maximum absolute atomic E-state index is 5.52. The molecule has 0 saturated carbocycles. The standard InChI is InChI=1S/C25H27NO.BrH/c1-27-25-14-8-6-12-21(25)18-26-24-16-15-20-11-5-7-13-22(20)23(24)17-19-9-3-2-4-10-19;/h2-14,23-24,26H,15-18H2,1H3;1H/t23-,24+;/m1./s1. The fourth-order valence-electron chi connectivity index (χ4n) is 4.31. The number of hydrogen-bond donors (Lipinski definition) is 1. The second kappa shape index (κ2) is 9.90. The van der Waals surface area contributed by atoms with Crippen LogP contribution in [0.3, 0.4) is 0 Å². The minimum Gasteiger partial charge on any atom is -0.496 e. The van der Waals surface area contributed by atoms with E-state index in [1.165, 1.54) is 28.7 Å². The summed E-state index contributed by atoms with van der Waals surface area (Å²) in [5.74, 6) is 1.45. The molecule has 0 spiro atoms. The molecule has 0 saturated heterocycles. The summed E-state index contributed by atoms with van der Waals surface area (Å²) >= 11 is 0. The monoisotopic (exact) mass is 437 g/mol. The zero-order chi connectivity index (χ0) is 18.5. The second-order valence-electron chi connectivity index (χ2n) is 7.33. The van der Waals surface area contributed by atoms with Gasteiger partial charge in [-0.25, -0.2) is 0 Å². The number of fused-ring (bicyclic) bond motifs is 1. The van der Waals surface area contributed by atoms with Gasteiger partial charge in [-0.15, -0.1) is 17.0 Å². The second-order valence-corrected chi connectivity index (χ2v) is 7.33. The van der Waals surface area contributed by atoms with Gasteiger partial charge >= 0.3 is 0 Å². The van der Waals surface area contributed by atoms with Crippen molar-refractivity contribution in [1.29, 1.82) is 0 Å². The summed E-state index contributed by atoms with van der Waals surface area (Å²) in [6.45, 7) is 0.835. The van der Waals surface area contributed by atoms with E-state index in [0.29, 0.717) is 12.0 Å². The largest absolute Gasteiger partial charge is 0.496 e. The van der Waals surface area contributed by atoms with E-state index >= 15 is 0 Å². The Morgan fingerprint density at radius 1 is 0.893 bits per heavy atom. The van der Waals surface area contributed by atoms with Gasteiger partial charge in [-0.05, 0) is 42.0 Å². The molecular formula is C25H28BrNO. The van der Waals surface area contributed by atoms with Crippen LogP contribution in [0.1, 0.15) is 34.6 Å². The van der Waals surface area contributed by atoms with Crippen molar-refractivity contribution in [2.24, 2.45) is 0 Å². The first-order valence-corrected chi connectivity index (χ1v) is 9.82. The number of benzene rings is 3. The molecule has 0 radical (unpaired) electrons. The molecule has 3 aromatic carbocycles. The number of ether oxygens (including phenoxy) is 1. The fourth-order valence-corrected chi connectivity index (χ4v) is 4.31. The van der Waals surface area contributed by atoms with Crippen LogP contribution in [0.4, 0.5) is 0 Å². The number of halogens is 1. The van der Waals surface area contributed by atoms with Gasteiger partial charge in [-0.2, -0.15) is 0 Å². The zero-order valence-electron chi connectivity index (χ0n) is 16.3. The van der Waals surface area contributed by atoms with Crippen molar-refractivity contribution < 1.29 is 4.74 Å². The van der Waals surface area contributed by atoms with E-state index in [-0.39, 0.29) is 17.0 Å². The quantitative estimate of drug-likeness (QED) is 0.533. The van der Waals surface area contributed by atoms with Crippen molar-refractivity contribution in [3.8, 4) is 5.75 Å². The van der Waals surface area contributed by atoms with Gasteiger partial charge in [0.1, 0.15) is 5.75 Å². The van der Waals surface area contributed by atoms with Crippen LogP contribution >= 0.6 is 17.0 Å². The third-order valence-electron chi connectivity index (χ3n) is 5.71. The molecule has 0 aromatic heterocycles. The van der Waals surface area contributed by atoms with E-state index in [1.54, 1.807) is 7.11 Å². The minimum atomic E-state index is 0. The topological polar surface area (TPSA) is 21.3 Å². The van der Waals surface area contributed by atoms with Crippen molar-refractivity contribution in [2.45, 2.75) is 37.8 Å². The molecule has 3 aromatic rings. The lowest BCUT2D eigenvalue weighted by Gasteiger charge is -2.35. The van der Waals surface area contributed by atoms with Crippen LogP contribution in [0.15, 0.2) is 78.9 Å². The van der Waals surface area contributed by atoms with Crippen LogP contribution in [0.5, 0.6) is 5.75 Å². The molecule has 1 aliphatic carbocycles. The van der Waals surface area contributed by atoms with Gasteiger partial charge in [0.05, 0.1) is 7.11 Å². The van der Waals surface area contributed by atoms with Gasteiger partial charge in [0, 0.05) is 24.1 Å². The Hall–Kier alpha value is -2.10. The Kier molecular flexibility index (Phi) is 7.30. The van der Waals surface area contributed by atoms with Gasteiger partial charge in [-0.3, -0.25) is 0 Å². The highest BCUT2D eigenvalue weighted by atomic mass is 79.9. The van der Waals surface area contributed by atoms with Gasteiger partial charge in [0.2, 0.25) is 0 Å². The maximum Gasteiger partial charge on any atom is 0.123 e. The Balaban J connectivity index is 0.00000225. The summed E-state index contributed by atoms with van der Waals surface area (Å²) in [7, 11) is 1.74. The maximum atomic E-state index is 5.52. The van der Waals surface area contributed by atoms with Crippen molar-refractivity contribution in [3.05, 3.63) is 101 Å². The highest BCUT2D eigenvalue weighted by Gasteiger charge is 2.29. The average Bonchev–Trinajstić information content (AvgIpc) is 2.74. The molecule has 0 unspecified atom stereocenters. The first-order chi connectivity index (χ1) is 13.3. The SMILES string of the molecule is Br.COc1ccccc1CN[C@H]1CCc2ccccc2[C@H]1Cc1ccccc1. The molecule has 1 N–H and O–H groups in total. The summed E-state index contributed by atoms with van der Waals surface area (Å²) in [4.78, 5) is 0. The van der Waals surface area contributed by atoms with Crippen LogP contribution < -0.4 is 10.1 Å². The van der Waals surface area contributed by atoms with E-state index < -0.39 is 0 Å². The van der Waals surface area contributed by atoms with Crippen LogP contribution in [-0.2, 0) is 19.4 Å². The van der Waals surface area contributed by atoms with Gasteiger partial charge in [-0.1, -0.05) is 72.8 Å². The number of hydrogen-bond acceptors (Lipinski definition) is 2. The van der Waals surface area contributed by atoms with Crippen molar-refractivity contribution >= 4 is 17.0 Å². The van der Waals surface area contributed by atoms with E-state index in [0.717, 1.165) is 25.1 Å². The number of para-hydroxylation sites is 1. The van der Waals surface area contributed by atoms with Gasteiger partial charge in [0.25, 0.3) is 0 Å². The molecule has 0 amide bonds. The molecule has 2 nitrogen and oxygen atoms in total. The van der Waals surface area contributed by atoms with E-state index in [2.05, 4.69) is 72.0 Å². The number of aryl methyl sites for hydroxylation is 1. The van der Waals surface area contributed by atoms with Gasteiger partial charge < -0.3 is 10.1 Å². The molecule has 4 rings (SSSR count). The van der Waals surface area contributed by atoms with Crippen molar-refractivity contribution in [2.75, 3.05) is 7.11 Å². The van der Waals surface area contributed by atoms with Gasteiger partial charge in [0.15, 0.2) is 0 Å². The molecule has 0 bridgehead atoms. The lowest BCUT2D eigenvalue weighted by Crippen LogP contribution is -2.39. The lowest BCUT2D eigenvalue weighted by molar-refractivity contribution is 0.373. The molecule has 3 heteroatoms. The van der Waals surface area contributed by atoms with E-state index in [4.69, 9.17) is 4.74 Å². The zero-order valence-corrected chi connectivity index (χ0v) is 18.0. The van der Waals surface area contributed by atoms with Crippen LogP contribution in [-0.4, -0.2) is 13.2 Å². The third kappa shape index (κ3) is 4.65. The molecule has 0 fully saturated rings. The number of nitrogens with one attached hydrogen (secondary N) is 1. The normalized spacial score (nSPS) is 18.0. The Bertz CT molecular complexity index is 880. The first-order valence-electron chi connectivity index (χ1n) is 9.82. The summed E-state index contributed by atoms with van der Waals surface area (Å²) in [6, 6.07) is 28.6. The minimum absolute atomic E-state index is 0. The summed E-state index contributed by atoms with van der Waals surface area (Å²) in [5.41, 5.74) is 5.64. The molecule has 2 atom stereocenters. The number of methoxy groups -OCH3 is 1. The summed E-state index contributed by atoms with van der Waals surface area (Å²) in [6.07, 6.45) is 3.39. The lowest BCUT2D eigenvalue weighted by atomic mass is 9.76. The van der Waals surface area contributed by atoms with Crippen LogP contribution in [0.25, 0.3) is 0 Å². The number of rotatable bonds is 6. The molecule has 1 aliphatic rings. The van der Waals surface area contributed by atoms with Crippen molar-refractivity contribution in [1.82, 2.24) is 5.32 Å². The average molecular weight is 438 g/mol. The predicted molar refractivity (Wildman–Crippen MR) is 122 cm³/mol. The Morgan fingerprint density at radius 2 is 1.61 bits per heavy atom. The smallest absolute Gasteiger partial charge is 0.123 e. The predicted octanol–water partition coefficient (Wildman–Crippen LogP) is 5.70. The highest BCUT2D eigenvalue weighted by Crippen LogP contribution is 2.35. The molecular weight excluding hydrogens is 410 g/mol. The molecule has 146 valence electrons. The highest BCUT2D eigenvalue weighted by molar-refractivity contribution is 8.93. The first kappa shape index (κ1) is 20.6. The molecule has 0 heterocycles. The Labute approximate surface area is 178 Å². The molecule has 28 heavy (non-hydrogen) atoms. The fraction of sp³-hybridized carbons (Fsp3) is 0.280. The van der Waals surface area contributed by atoms with E-state index in [1.807, 2.05) is 12.1 Å².